The topological polar surface area (TPSA) is 32.3 Å². The van der Waals surface area contributed by atoms with Crippen LogP contribution in [0.3, 0.4) is 0 Å². The molecule has 0 radical (unpaired) electrons. The molecule has 3 nitrogen and oxygen atoms in total. The molecule has 1 amide bonds. The van der Waals surface area contributed by atoms with E-state index in [9.17, 15) is 22.4 Å². The number of thioether (sulfide) groups is 1. The normalized spacial score (nSPS) is 18.4. The summed E-state index contributed by atoms with van der Waals surface area (Å²) in [5.41, 5.74) is 0. The zero-order chi connectivity index (χ0) is 12.9. The molecular formula is C9H14F4N2OS. The van der Waals surface area contributed by atoms with Crippen LogP contribution in [-0.4, -0.2) is 60.8 Å². The van der Waals surface area contributed by atoms with E-state index in [1.807, 2.05) is 10.2 Å². The summed E-state index contributed by atoms with van der Waals surface area (Å²) in [5, 5.41) is 1.83. The highest BCUT2D eigenvalue weighted by Crippen LogP contribution is 2.22. The predicted molar refractivity (Wildman–Crippen MR) is 57.7 cm³/mol. The lowest BCUT2D eigenvalue weighted by Gasteiger charge is -2.26. The second-order valence-electron chi connectivity index (χ2n) is 3.63. The summed E-state index contributed by atoms with van der Waals surface area (Å²) < 4.78 is 48.7. The van der Waals surface area contributed by atoms with Gasteiger partial charge in [-0.3, -0.25) is 9.69 Å². The molecule has 0 bridgehead atoms. The van der Waals surface area contributed by atoms with E-state index in [2.05, 4.69) is 0 Å². The van der Waals surface area contributed by atoms with Gasteiger partial charge in [-0.05, 0) is 0 Å². The monoisotopic (exact) mass is 274 g/mol. The first kappa shape index (κ1) is 14.6. The molecule has 0 saturated carbocycles. The molecule has 0 aromatic carbocycles. The molecule has 100 valence electrons. The van der Waals surface area contributed by atoms with Crippen LogP contribution in [0.15, 0.2) is 0 Å². The Morgan fingerprint density at radius 2 is 1.94 bits per heavy atom. The van der Waals surface area contributed by atoms with E-state index in [4.69, 9.17) is 0 Å². The number of amides is 1. The Labute approximate surface area is 101 Å². The minimum Gasteiger partial charge on any atom is -0.349 e. The molecule has 17 heavy (non-hydrogen) atoms. The maximum Gasteiger partial charge on any atom is 0.383 e. The summed E-state index contributed by atoms with van der Waals surface area (Å²) in [6.07, 6.45) is -3.96. The molecule has 1 heterocycles. The number of nitrogens with zero attached hydrogens (tertiary/aromatic N) is 1. The van der Waals surface area contributed by atoms with Gasteiger partial charge in [-0.25, -0.2) is 8.78 Å². The highest BCUT2D eigenvalue weighted by atomic mass is 32.2. The standard InChI is InChI=1S/C9H14F4N2OS/c10-7(11)9(12,13)8(16)14-1-2-15-3-5-17-6-4-15/h7H,1-6H2,(H,14,16). The number of nitrogens with one attached hydrogen (secondary N) is 1. The zero-order valence-corrected chi connectivity index (χ0v) is 9.91. The molecule has 0 aromatic rings. The molecule has 0 aliphatic carbocycles. The van der Waals surface area contributed by atoms with Crippen molar-refractivity contribution in [1.82, 2.24) is 10.2 Å². The van der Waals surface area contributed by atoms with Crippen molar-refractivity contribution in [2.24, 2.45) is 0 Å². The van der Waals surface area contributed by atoms with Gasteiger partial charge in [-0.15, -0.1) is 0 Å². The average Bonchev–Trinajstić information content (AvgIpc) is 2.30. The maximum atomic E-state index is 12.5. The Kier molecular flexibility index (Phi) is 5.51. The van der Waals surface area contributed by atoms with Crippen LogP contribution < -0.4 is 5.32 Å². The summed E-state index contributed by atoms with van der Waals surface area (Å²) in [5.74, 6) is -4.58. The molecule has 0 spiro atoms. The highest BCUT2D eigenvalue weighted by molar-refractivity contribution is 7.99. The van der Waals surface area contributed by atoms with Gasteiger partial charge in [-0.2, -0.15) is 20.5 Å². The second-order valence-corrected chi connectivity index (χ2v) is 4.86. The van der Waals surface area contributed by atoms with Crippen LogP contribution in [0.25, 0.3) is 0 Å². The summed E-state index contributed by atoms with van der Waals surface area (Å²) in [6.45, 7) is 2.02. The molecule has 1 N–H and O–H groups in total. The molecule has 1 rings (SSSR count). The molecule has 0 unspecified atom stereocenters. The van der Waals surface area contributed by atoms with Crippen molar-refractivity contribution < 1.29 is 22.4 Å². The molecular weight excluding hydrogens is 260 g/mol. The molecule has 0 atom stereocenters. The van der Waals surface area contributed by atoms with Crippen molar-refractivity contribution in [2.75, 3.05) is 37.7 Å². The number of hydrogen-bond donors (Lipinski definition) is 1. The minimum atomic E-state index is -4.60. The van der Waals surface area contributed by atoms with Crippen molar-refractivity contribution in [2.45, 2.75) is 12.3 Å². The van der Waals surface area contributed by atoms with Gasteiger partial charge in [0.2, 0.25) is 0 Å². The van der Waals surface area contributed by atoms with Gasteiger partial charge >= 0.3 is 12.3 Å². The smallest absolute Gasteiger partial charge is 0.349 e. The van der Waals surface area contributed by atoms with Gasteiger partial charge in [0.15, 0.2) is 0 Å². The summed E-state index contributed by atoms with van der Waals surface area (Å²) in [6, 6.07) is 0. The summed E-state index contributed by atoms with van der Waals surface area (Å²) >= 11 is 1.80. The van der Waals surface area contributed by atoms with Gasteiger partial charge in [-0.1, -0.05) is 0 Å². The first-order valence-electron chi connectivity index (χ1n) is 5.19. The van der Waals surface area contributed by atoms with Crippen LogP contribution in [0.4, 0.5) is 17.6 Å². The third-order valence-corrected chi connectivity index (χ3v) is 3.34. The van der Waals surface area contributed by atoms with E-state index < -0.39 is 18.3 Å². The number of carbonyl (C=O) groups is 1. The quantitative estimate of drug-likeness (QED) is 0.761. The first-order valence-corrected chi connectivity index (χ1v) is 6.34. The second kappa shape index (κ2) is 6.44. The van der Waals surface area contributed by atoms with Crippen molar-refractivity contribution in [3.63, 3.8) is 0 Å². The van der Waals surface area contributed by atoms with Crippen LogP contribution >= 0.6 is 11.8 Å². The lowest BCUT2D eigenvalue weighted by molar-refractivity contribution is -0.169. The lowest BCUT2D eigenvalue weighted by Crippen LogP contribution is -2.47. The number of hydrogen-bond acceptors (Lipinski definition) is 3. The van der Waals surface area contributed by atoms with E-state index in [0.717, 1.165) is 24.6 Å². The fourth-order valence-corrected chi connectivity index (χ4v) is 2.35. The fraction of sp³-hybridized carbons (Fsp3) is 0.889. The van der Waals surface area contributed by atoms with Crippen LogP contribution in [0.5, 0.6) is 0 Å². The molecule has 8 heteroatoms. The molecule has 0 aromatic heterocycles. The lowest BCUT2D eigenvalue weighted by atomic mass is 10.3. The predicted octanol–water partition coefficient (Wildman–Crippen LogP) is 1.05. The summed E-state index contributed by atoms with van der Waals surface area (Å²) in [4.78, 5) is 12.8. The van der Waals surface area contributed by atoms with E-state index >= 15 is 0 Å². The van der Waals surface area contributed by atoms with Gasteiger partial charge in [0.25, 0.3) is 5.91 Å². The number of rotatable bonds is 5. The maximum absolute atomic E-state index is 12.5. The number of carbonyl (C=O) groups excluding carboxylic acids is 1. The van der Waals surface area contributed by atoms with E-state index in [0.29, 0.717) is 6.54 Å². The van der Waals surface area contributed by atoms with Crippen molar-refractivity contribution >= 4 is 17.7 Å². The Bertz CT molecular complexity index is 259. The molecule has 1 fully saturated rings. The number of halogens is 4. The van der Waals surface area contributed by atoms with Gasteiger partial charge in [0.1, 0.15) is 0 Å². The highest BCUT2D eigenvalue weighted by Gasteiger charge is 2.48. The molecule has 1 aliphatic rings. The largest absolute Gasteiger partial charge is 0.383 e. The SMILES string of the molecule is O=C(NCCN1CCSCC1)C(F)(F)C(F)F. The zero-order valence-electron chi connectivity index (χ0n) is 9.10. The van der Waals surface area contributed by atoms with E-state index in [-0.39, 0.29) is 6.54 Å². The Hall–Kier alpha value is -0.500. The van der Waals surface area contributed by atoms with Crippen molar-refractivity contribution in [3.05, 3.63) is 0 Å². The van der Waals surface area contributed by atoms with Crippen molar-refractivity contribution in [1.29, 1.82) is 0 Å². The van der Waals surface area contributed by atoms with Crippen LogP contribution in [-0.2, 0) is 4.79 Å². The minimum absolute atomic E-state index is 0.0359. The van der Waals surface area contributed by atoms with Crippen molar-refractivity contribution in [3.8, 4) is 0 Å². The van der Waals surface area contributed by atoms with Gasteiger partial charge in [0.05, 0.1) is 0 Å². The fourth-order valence-electron chi connectivity index (χ4n) is 1.37. The van der Waals surface area contributed by atoms with Crippen LogP contribution in [0.2, 0.25) is 0 Å². The third-order valence-electron chi connectivity index (χ3n) is 2.39. The van der Waals surface area contributed by atoms with Gasteiger partial charge < -0.3 is 5.32 Å². The van der Waals surface area contributed by atoms with E-state index in [1.165, 1.54) is 0 Å². The Morgan fingerprint density at radius 3 is 2.47 bits per heavy atom. The molecule has 1 aliphatic heterocycles. The van der Waals surface area contributed by atoms with E-state index in [1.54, 1.807) is 11.8 Å². The Morgan fingerprint density at radius 1 is 1.35 bits per heavy atom. The van der Waals surface area contributed by atoms with Crippen LogP contribution in [0, 0.1) is 0 Å². The van der Waals surface area contributed by atoms with Gasteiger partial charge in [0, 0.05) is 37.7 Å². The molecule has 1 saturated heterocycles. The average molecular weight is 274 g/mol. The van der Waals surface area contributed by atoms with Crippen LogP contribution in [0.1, 0.15) is 0 Å². The third kappa shape index (κ3) is 4.34. The summed E-state index contributed by atoms with van der Waals surface area (Å²) in [7, 11) is 0. The first-order chi connectivity index (χ1) is 7.94. The Balaban J connectivity index is 2.23. The number of alkyl halides is 4.